The predicted molar refractivity (Wildman–Crippen MR) is 116 cm³/mol. The van der Waals surface area contributed by atoms with Gasteiger partial charge in [-0.3, -0.25) is 9.89 Å². The molecule has 2 aromatic heterocycles. The van der Waals surface area contributed by atoms with Crippen molar-refractivity contribution in [2.24, 2.45) is 0 Å². The summed E-state index contributed by atoms with van der Waals surface area (Å²) in [5.41, 5.74) is 5.03. The average molecular weight is 435 g/mol. The summed E-state index contributed by atoms with van der Waals surface area (Å²) in [5.74, 6) is 0.330. The second-order valence-electron chi connectivity index (χ2n) is 6.98. The van der Waals surface area contributed by atoms with E-state index in [1.54, 1.807) is 20.7 Å². The number of nitrogens with one attached hydrogen (secondary N) is 1. The lowest BCUT2D eigenvalue weighted by Gasteiger charge is -2.43. The molecule has 9 heteroatoms. The van der Waals surface area contributed by atoms with Crippen molar-refractivity contribution in [3.63, 3.8) is 0 Å². The normalized spacial score (nSPS) is 14.7. The molecule has 0 saturated heterocycles. The van der Waals surface area contributed by atoms with Crippen LogP contribution >= 0.6 is 44.7 Å². The van der Waals surface area contributed by atoms with E-state index in [9.17, 15) is 4.79 Å². The Kier molecular flexibility index (Phi) is 4.74. The number of carbonyl (C=O) groups excluding carboxylic acids is 1. The average Bonchev–Trinajstić information content (AvgIpc) is 3.25. The molecule has 0 unspecified atom stereocenters. The molecule has 4 rings (SSSR count). The molecule has 3 heterocycles. The number of aryl methyl sites for hydroxylation is 2. The molecule has 0 aliphatic carbocycles. The van der Waals surface area contributed by atoms with Crippen LogP contribution in [-0.2, 0) is 10.3 Å². The van der Waals surface area contributed by atoms with Gasteiger partial charge in [0.2, 0.25) is 5.91 Å². The molecule has 0 atom stereocenters. The molecule has 1 aliphatic heterocycles. The molecule has 0 radical (unpaired) electrons. The standard InChI is InChI=1S/C18H18N4OS4/c1-9-5-11-12(6-10(9)2)22(13(23)7-25-17-19-8-20-21-17)18(3,4)15-14(11)16(24)27-26-15/h5-6,8H,7H2,1-4H3,(H,19,20,21). The lowest BCUT2D eigenvalue weighted by Crippen LogP contribution is -2.48. The lowest BCUT2D eigenvalue weighted by molar-refractivity contribution is -0.117. The number of aromatic amines is 1. The van der Waals surface area contributed by atoms with E-state index in [4.69, 9.17) is 12.2 Å². The van der Waals surface area contributed by atoms with Crippen LogP contribution in [0.1, 0.15) is 29.9 Å². The van der Waals surface area contributed by atoms with E-state index >= 15 is 0 Å². The Morgan fingerprint density at radius 2 is 2.04 bits per heavy atom. The fourth-order valence-electron chi connectivity index (χ4n) is 3.39. The molecule has 27 heavy (non-hydrogen) atoms. The Bertz CT molecular complexity index is 1080. The lowest BCUT2D eigenvalue weighted by atomic mass is 9.86. The molecular formula is C18H18N4OS4. The highest BCUT2D eigenvalue weighted by Gasteiger charge is 2.43. The van der Waals surface area contributed by atoms with Crippen molar-refractivity contribution in [3.05, 3.63) is 38.3 Å². The van der Waals surface area contributed by atoms with Gasteiger partial charge < -0.3 is 4.90 Å². The van der Waals surface area contributed by atoms with Crippen LogP contribution in [0.25, 0.3) is 11.1 Å². The number of aromatic nitrogens is 3. The third-order valence-corrected chi connectivity index (χ3v) is 9.03. The maximum Gasteiger partial charge on any atom is 0.238 e. The highest BCUT2D eigenvalue weighted by atomic mass is 32.9. The zero-order valence-corrected chi connectivity index (χ0v) is 18.6. The van der Waals surface area contributed by atoms with Crippen LogP contribution in [0.4, 0.5) is 5.69 Å². The third-order valence-electron chi connectivity index (χ3n) is 4.84. The summed E-state index contributed by atoms with van der Waals surface area (Å²) < 4.78 is 0.899. The van der Waals surface area contributed by atoms with Gasteiger partial charge in [-0.05, 0) is 51.0 Å². The minimum absolute atomic E-state index is 0.0425. The summed E-state index contributed by atoms with van der Waals surface area (Å²) in [6.45, 7) is 8.37. The maximum atomic E-state index is 13.3. The van der Waals surface area contributed by atoms with E-state index in [-0.39, 0.29) is 11.7 Å². The van der Waals surface area contributed by atoms with Gasteiger partial charge in [0.05, 0.1) is 21.9 Å². The number of anilines is 1. The van der Waals surface area contributed by atoms with Crippen LogP contribution in [0.15, 0.2) is 23.6 Å². The van der Waals surface area contributed by atoms with Gasteiger partial charge in [-0.25, -0.2) is 4.98 Å². The Morgan fingerprint density at radius 1 is 1.30 bits per heavy atom. The first-order chi connectivity index (χ1) is 12.8. The number of hydrogen-bond acceptors (Lipinski definition) is 7. The van der Waals surface area contributed by atoms with Gasteiger partial charge in [-0.1, -0.05) is 44.7 Å². The Balaban J connectivity index is 1.83. The van der Waals surface area contributed by atoms with E-state index in [0.29, 0.717) is 5.16 Å². The number of nitrogens with zero attached hydrogens (tertiary/aromatic N) is 3. The first-order valence-corrected chi connectivity index (χ1v) is 11.9. The summed E-state index contributed by atoms with van der Waals surface area (Å²) in [4.78, 5) is 20.5. The van der Waals surface area contributed by atoms with Crippen LogP contribution in [0.5, 0.6) is 0 Å². The summed E-state index contributed by atoms with van der Waals surface area (Å²) in [5, 5.41) is 7.28. The van der Waals surface area contributed by atoms with Gasteiger partial charge in [-0.15, -0.1) is 0 Å². The number of fused-ring (bicyclic) bond motifs is 3. The topological polar surface area (TPSA) is 61.9 Å². The second kappa shape index (κ2) is 6.80. The van der Waals surface area contributed by atoms with E-state index < -0.39 is 5.54 Å². The number of rotatable bonds is 3. The molecule has 140 valence electrons. The SMILES string of the molecule is Cc1cc2c(cc1C)N(C(=O)CSc1ncn[nH]1)C(C)(C)c1ssc(=S)c1-2. The number of H-pyrrole nitrogens is 1. The molecular weight excluding hydrogens is 416 g/mol. The monoisotopic (exact) mass is 434 g/mol. The maximum absolute atomic E-state index is 13.3. The number of thioether (sulfide) groups is 1. The van der Waals surface area contributed by atoms with Crippen LogP contribution in [0, 0.1) is 17.7 Å². The number of benzene rings is 1. The molecule has 1 aromatic carbocycles. The Hall–Kier alpha value is -1.55. The minimum Gasteiger partial charge on any atom is -0.301 e. The fraction of sp³-hybridized carbons (Fsp3) is 0.333. The number of hydrogen-bond donors (Lipinski definition) is 1. The molecule has 1 aliphatic rings. The largest absolute Gasteiger partial charge is 0.301 e. The first-order valence-electron chi connectivity index (χ1n) is 8.37. The van der Waals surface area contributed by atoms with Crippen molar-refractivity contribution < 1.29 is 4.79 Å². The molecule has 1 amide bonds. The van der Waals surface area contributed by atoms with Crippen molar-refractivity contribution in [1.82, 2.24) is 15.2 Å². The predicted octanol–water partition coefficient (Wildman–Crippen LogP) is 5.32. The van der Waals surface area contributed by atoms with Crippen molar-refractivity contribution in [3.8, 4) is 11.1 Å². The van der Waals surface area contributed by atoms with Crippen LogP contribution < -0.4 is 4.90 Å². The highest BCUT2D eigenvalue weighted by molar-refractivity contribution is 7.99. The van der Waals surface area contributed by atoms with Crippen molar-refractivity contribution in [2.45, 2.75) is 38.4 Å². The second-order valence-corrected chi connectivity index (χ2v) is 10.8. The smallest absolute Gasteiger partial charge is 0.238 e. The minimum atomic E-state index is -0.457. The van der Waals surface area contributed by atoms with Crippen molar-refractivity contribution >= 4 is 56.3 Å². The van der Waals surface area contributed by atoms with E-state index in [1.807, 2.05) is 4.90 Å². The fourth-order valence-corrected chi connectivity index (χ4v) is 7.30. The van der Waals surface area contributed by atoms with Crippen molar-refractivity contribution in [2.75, 3.05) is 10.7 Å². The van der Waals surface area contributed by atoms with Gasteiger partial charge in [0, 0.05) is 11.1 Å². The van der Waals surface area contributed by atoms with E-state index in [2.05, 4.69) is 55.0 Å². The molecule has 0 spiro atoms. The van der Waals surface area contributed by atoms with Gasteiger partial charge in [-0.2, -0.15) is 5.10 Å². The number of amides is 1. The van der Waals surface area contributed by atoms with Crippen LogP contribution in [-0.4, -0.2) is 26.8 Å². The van der Waals surface area contributed by atoms with Crippen LogP contribution in [0.3, 0.4) is 0 Å². The third kappa shape index (κ3) is 3.06. The Morgan fingerprint density at radius 3 is 2.74 bits per heavy atom. The molecule has 0 saturated carbocycles. The van der Waals surface area contributed by atoms with Gasteiger partial charge in [0.15, 0.2) is 5.16 Å². The quantitative estimate of drug-likeness (QED) is 0.344. The summed E-state index contributed by atoms with van der Waals surface area (Å²) in [7, 11) is 3.29. The first kappa shape index (κ1) is 18.8. The summed E-state index contributed by atoms with van der Waals surface area (Å²) in [6.07, 6.45) is 1.45. The Labute approximate surface area is 174 Å². The molecule has 0 fully saturated rings. The van der Waals surface area contributed by atoms with Gasteiger partial charge in [0.25, 0.3) is 0 Å². The molecule has 3 aromatic rings. The van der Waals surface area contributed by atoms with E-state index in [0.717, 1.165) is 25.5 Å². The van der Waals surface area contributed by atoms with E-state index in [1.165, 1.54) is 29.2 Å². The number of carbonyl (C=O) groups is 1. The zero-order chi connectivity index (χ0) is 19.3. The van der Waals surface area contributed by atoms with Crippen molar-refractivity contribution in [1.29, 1.82) is 0 Å². The zero-order valence-electron chi connectivity index (χ0n) is 15.3. The highest BCUT2D eigenvalue weighted by Crippen LogP contribution is 2.52. The summed E-state index contributed by atoms with van der Waals surface area (Å²) in [6, 6.07) is 4.28. The van der Waals surface area contributed by atoms with Gasteiger partial charge >= 0.3 is 0 Å². The molecule has 1 N–H and O–H groups in total. The van der Waals surface area contributed by atoms with Gasteiger partial charge in [0.1, 0.15) is 10.2 Å². The molecule has 0 bridgehead atoms. The summed E-state index contributed by atoms with van der Waals surface area (Å²) >= 11 is 7.00. The molecule has 5 nitrogen and oxygen atoms in total. The van der Waals surface area contributed by atoms with Crippen LogP contribution in [0.2, 0.25) is 0 Å².